The maximum atomic E-state index is 12.5. The Hall–Kier alpha value is -2.22. The van der Waals surface area contributed by atoms with Gasteiger partial charge in [-0.2, -0.15) is 13.2 Å². The number of rotatable bonds is 8. The molecular formula is C18H20F3NO3S. The van der Waals surface area contributed by atoms with Crippen LogP contribution >= 0.6 is 11.8 Å². The topological polar surface area (TPSA) is 39.7 Å². The van der Waals surface area contributed by atoms with Crippen LogP contribution in [0.15, 0.2) is 41.3 Å². The fourth-order valence-corrected chi connectivity index (χ4v) is 3.11. The lowest BCUT2D eigenvalue weighted by Gasteiger charge is -2.16. The SMILES string of the molecule is COc1cc(OC)c(OC)cc1CNc1ccccc1SCC(F)(F)F. The maximum Gasteiger partial charge on any atom is 0.398 e. The fourth-order valence-electron chi connectivity index (χ4n) is 2.32. The van der Waals surface area contributed by atoms with E-state index < -0.39 is 11.9 Å². The van der Waals surface area contributed by atoms with Crippen molar-refractivity contribution in [2.24, 2.45) is 0 Å². The van der Waals surface area contributed by atoms with Crippen molar-refractivity contribution in [3.63, 3.8) is 0 Å². The first-order chi connectivity index (χ1) is 12.4. The first-order valence-electron chi connectivity index (χ1n) is 7.69. The van der Waals surface area contributed by atoms with Crippen molar-refractivity contribution in [1.29, 1.82) is 0 Å². The summed E-state index contributed by atoms with van der Waals surface area (Å²) >= 11 is 0.749. The molecule has 1 N–H and O–H groups in total. The van der Waals surface area contributed by atoms with Gasteiger partial charge < -0.3 is 19.5 Å². The predicted octanol–water partition coefficient (Wildman–Crippen LogP) is 4.98. The molecule has 0 aliphatic carbocycles. The van der Waals surface area contributed by atoms with Gasteiger partial charge in [0.1, 0.15) is 5.75 Å². The van der Waals surface area contributed by atoms with Crippen molar-refractivity contribution in [2.75, 3.05) is 32.4 Å². The summed E-state index contributed by atoms with van der Waals surface area (Å²) in [5.74, 6) is 0.736. The minimum atomic E-state index is -4.22. The molecule has 2 aromatic carbocycles. The van der Waals surface area contributed by atoms with Crippen LogP contribution in [0, 0.1) is 0 Å². The van der Waals surface area contributed by atoms with Gasteiger partial charge in [-0.05, 0) is 18.2 Å². The number of thioether (sulfide) groups is 1. The standard InChI is InChI=1S/C18H20F3NO3S/c1-23-14-9-16(25-3)15(24-2)8-12(14)10-22-13-6-4-5-7-17(13)26-11-18(19,20)21/h4-9,22H,10-11H2,1-3H3. The van der Waals surface area contributed by atoms with E-state index in [1.165, 1.54) is 21.3 Å². The van der Waals surface area contributed by atoms with E-state index >= 15 is 0 Å². The van der Waals surface area contributed by atoms with Crippen LogP contribution in [0.2, 0.25) is 0 Å². The summed E-state index contributed by atoms with van der Waals surface area (Å²) in [5, 5.41) is 3.16. The zero-order valence-corrected chi connectivity index (χ0v) is 15.5. The van der Waals surface area contributed by atoms with Gasteiger partial charge in [0.25, 0.3) is 0 Å². The number of nitrogens with one attached hydrogen (secondary N) is 1. The van der Waals surface area contributed by atoms with E-state index in [2.05, 4.69) is 5.32 Å². The number of hydrogen-bond acceptors (Lipinski definition) is 5. The van der Waals surface area contributed by atoms with E-state index in [0.717, 1.165) is 17.3 Å². The molecule has 26 heavy (non-hydrogen) atoms. The second kappa shape index (κ2) is 8.93. The second-order valence-electron chi connectivity index (χ2n) is 5.27. The van der Waals surface area contributed by atoms with E-state index in [-0.39, 0.29) is 0 Å². The summed E-state index contributed by atoms with van der Waals surface area (Å²) in [5.41, 5.74) is 1.42. The highest BCUT2D eigenvalue weighted by Crippen LogP contribution is 2.36. The van der Waals surface area contributed by atoms with Crippen molar-refractivity contribution in [3.8, 4) is 17.2 Å². The van der Waals surface area contributed by atoms with Gasteiger partial charge in [0.05, 0.1) is 27.1 Å². The second-order valence-corrected chi connectivity index (χ2v) is 6.29. The number of alkyl halides is 3. The average molecular weight is 387 g/mol. The normalized spacial score (nSPS) is 11.2. The molecule has 0 aliphatic heterocycles. The third kappa shape index (κ3) is 5.39. The number of ether oxygens (including phenoxy) is 3. The van der Waals surface area contributed by atoms with E-state index in [4.69, 9.17) is 14.2 Å². The smallest absolute Gasteiger partial charge is 0.398 e. The predicted molar refractivity (Wildman–Crippen MR) is 96.6 cm³/mol. The van der Waals surface area contributed by atoms with Crippen molar-refractivity contribution in [2.45, 2.75) is 17.6 Å². The Morgan fingerprint density at radius 1 is 0.923 bits per heavy atom. The van der Waals surface area contributed by atoms with Gasteiger partial charge in [-0.15, -0.1) is 11.8 Å². The van der Waals surface area contributed by atoms with Gasteiger partial charge in [-0.25, -0.2) is 0 Å². The van der Waals surface area contributed by atoms with Gasteiger partial charge >= 0.3 is 6.18 Å². The Balaban J connectivity index is 2.18. The van der Waals surface area contributed by atoms with E-state index in [9.17, 15) is 13.2 Å². The van der Waals surface area contributed by atoms with Crippen LogP contribution in [0.5, 0.6) is 17.2 Å². The highest BCUT2D eigenvalue weighted by Gasteiger charge is 2.27. The third-order valence-electron chi connectivity index (χ3n) is 3.53. The Labute approximate surface area is 154 Å². The molecule has 2 aromatic rings. The van der Waals surface area contributed by atoms with Gasteiger partial charge in [0.2, 0.25) is 0 Å². The number of benzene rings is 2. The van der Waals surface area contributed by atoms with Crippen LogP contribution in [0.4, 0.5) is 18.9 Å². The number of anilines is 1. The molecule has 0 spiro atoms. The van der Waals surface area contributed by atoms with Crippen LogP contribution in [0.25, 0.3) is 0 Å². The molecule has 0 radical (unpaired) electrons. The van der Waals surface area contributed by atoms with Crippen LogP contribution in [-0.4, -0.2) is 33.3 Å². The van der Waals surface area contributed by atoms with Gasteiger partial charge in [-0.3, -0.25) is 0 Å². The number of para-hydroxylation sites is 1. The molecule has 0 bridgehead atoms. The minimum absolute atomic E-state index is 0.354. The first kappa shape index (κ1) is 20.1. The molecule has 0 aromatic heterocycles. The Morgan fingerprint density at radius 2 is 1.54 bits per heavy atom. The first-order valence-corrected chi connectivity index (χ1v) is 8.68. The van der Waals surface area contributed by atoms with Crippen molar-refractivity contribution >= 4 is 17.4 Å². The van der Waals surface area contributed by atoms with Crippen LogP contribution in [-0.2, 0) is 6.54 Å². The molecule has 8 heteroatoms. The van der Waals surface area contributed by atoms with E-state index in [0.29, 0.717) is 34.4 Å². The number of methoxy groups -OCH3 is 3. The summed E-state index contributed by atoms with van der Waals surface area (Å²) in [6, 6.07) is 10.4. The van der Waals surface area contributed by atoms with Crippen LogP contribution < -0.4 is 19.5 Å². The summed E-state index contributed by atoms with van der Waals surface area (Å²) in [4.78, 5) is 0.532. The number of halogens is 3. The molecule has 0 aliphatic rings. The lowest BCUT2D eigenvalue weighted by Crippen LogP contribution is -2.11. The molecule has 2 rings (SSSR count). The minimum Gasteiger partial charge on any atom is -0.496 e. The summed E-state index contributed by atoms with van der Waals surface area (Å²) in [7, 11) is 4.60. The molecule has 0 amide bonds. The lowest BCUT2D eigenvalue weighted by molar-refractivity contribution is -0.105. The fraction of sp³-hybridized carbons (Fsp3) is 0.333. The Bertz CT molecular complexity index is 738. The molecular weight excluding hydrogens is 367 g/mol. The third-order valence-corrected chi connectivity index (χ3v) is 4.67. The summed E-state index contributed by atoms with van der Waals surface area (Å²) in [6.07, 6.45) is -4.22. The average Bonchev–Trinajstić information content (AvgIpc) is 2.63. The zero-order chi connectivity index (χ0) is 19.2. The maximum absolute atomic E-state index is 12.5. The van der Waals surface area contributed by atoms with Crippen molar-refractivity contribution < 1.29 is 27.4 Å². The summed E-state index contributed by atoms with van der Waals surface area (Å²) in [6.45, 7) is 0.354. The molecule has 0 unspecified atom stereocenters. The highest BCUT2D eigenvalue weighted by molar-refractivity contribution is 7.99. The molecule has 0 saturated heterocycles. The number of hydrogen-bond donors (Lipinski definition) is 1. The highest BCUT2D eigenvalue weighted by atomic mass is 32.2. The van der Waals surface area contributed by atoms with Gasteiger partial charge in [0.15, 0.2) is 11.5 Å². The van der Waals surface area contributed by atoms with E-state index in [1.54, 1.807) is 36.4 Å². The quantitative estimate of drug-likeness (QED) is 0.647. The molecule has 4 nitrogen and oxygen atoms in total. The summed E-state index contributed by atoms with van der Waals surface area (Å²) < 4.78 is 53.4. The van der Waals surface area contributed by atoms with Crippen molar-refractivity contribution in [3.05, 3.63) is 42.0 Å². The molecule has 142 valence electrons. The zero-order valence-electron chi connectivity index (χ0n) is 14.6. The molecule has 0 atom stereocenters. The van der Waals surface area contributed by atoms with Gasteiger partial charge in [-0.1, -0.05) is 12.1 Å². The van der Waals surface area contributed by atoms with Crippen LogP contribution in [0.3, 0.4) is 0 Å². The molecule has 0 heterocycles. The Morgan fingerprint density at radius 3 is 2.15 bits per heavy atom. The van der Waals surface area contributed by atoms with Crippen LogP contribution in [0.1, 0.15) is 5.56 Å². The molecule has 0 saturated carbocycles. The lowest BCUT2D eigenvalue weighted by atomic mass is 10.1. The van der Waals surface area contributed by atoms with E-state index in [1.807, 2.05) is 0 Å². The van der Waals surface area contributed by atoms with Gasteiger partial charge in [0, 0.05) is 28.8 Å². The Kier molecular flexibility index (Phi) is 6.90. The van der Waals surface area contributed by atoms with Crippen molar-refractivity contribution in [1.82, 2.24) is 0 Å². The monoisotopic (exact) mass is 387 g/mol. The largest absolute Gasteiger partial charge is 0.496 e. The molecule has 0 fully saturated rings.